The molecule has 3 rings (SSSR count). The molecule has 2 aromatic rings. The molecule has 0 bridgehead atoms. The Kier molecular flexibility index (Phi) is 6.70. The van der Waals surface area contributed by atoms with Crippen molar-refractivity contribution in [2.45, 2.75) is 25.9 Å². The lowest BCUT2D eigenvalue weighted by Gasteiger charge is -2.30. The predicted molar refractivity (Wildman–Crippen MR) is 98.8 cm³/mol. The zero-order chi connectivity index (χ0) is 19.9. The zero-order valence-corrected chi connectivity index (χ0v) is 15.8. The molecule has 1 aromatic carbocycles. The Morgan fingerprint density at radius 3 is 2.75 bits per heavy atom. The van der Waals surface area contributed by atoms with Crippen LogP contribution in [-0.4, -0.2) is 58.5 Å². The van der Waals surface area contributed by atoms with Crippen molar-refractivity contribution < 1.29 is 18.7 Å². The minimum Gasteiger partial charge on any atom is -0.464 e. The van der Waals surface area contributed by atoms with E-state index in [-0.39, 0.29) is 23.3 Å². The first-order chi connectivity index (χ1) is 13.6. The molecular formula is C19H24FN5O3. The highest BCUT2D eigenvalue weighted by Crippen LogP contribution is 2.18. The number of ether oxygens (including phenoxy) is 1. The normalized spacial score (nSPS) is 15.4. The summed E-state index contributed by atoms with van der Waals surface area (Å²) in [6.07, 6.45) is 3.51. The summed E-state index contributed by atoms with van der Waals surface area (Å²) in [5, 5.41) is 10.6. The lowest BCUT2D eigenvalue weighted by molar-refractivity contribution is -0.126. The number of carbonyl (C=O) groups is 2. The van der Waals surface area contributed by atoms with Crippen molar-refractivity contribution in [1.29, 1.82) is 0 Å². The number of aromatic nitrogens is 3. The molecule has 1 saturated heterocycles. The summed E-state index contributed by atoms with van der Waals surface area (Å²) in [6, 6.07) is 6.60. The number of benzene rings is 1. The first kappa shape index (κ1) is 19.9. The van der Waals surface area contributed by atoms with Gasteiger partial charge < -0.3 is 10.1 Å². The predicted octanol–water partition coefficient (Wildman–Crippen LogP) is 1.23. The van der Waals surface area contributed by atoms with Crippen LogP contribution in [0.25, 0.3) is 0 Å². The van der Waals surface area contributed by atoms with Crippen LogP contribution in [0.2, 0.25) is 0 Å². The number of amides is 1. The minimum atomic E-state index is -0.517. The van der Waals surface area contributed by atoms with Crippen LogP contribution in [-0.2, 0) is 22.6 Å². The molecule has 1 aliphatic heterocycles. The van der Waals surface area contributed by atoms with Gasteiger partial charge in [0.05, 0.1) is 20.0 Å². The minimum absolute atomic E-state index is 0.0183. The number of nitrogens with one attached hydrogen (secondary N) is 1. The molecule has 9 heteroatoms. The highest BCUT2D eigenvalue weighted by atomic mass is 19.1. The molecule has 1 fully saturated rings. The van der Waals surface area contributed by atoms with Crippen LogP contribution in [0, 0.1) is 11.7 Å². The second-order valence-corrected chi connectivity index (χ2v) is 6.80. The number of halogens is 1. The maximum absolute atomic E-state index is 13.6. The first-order valence-electron chi connectivity index (χ1n) is 9.28. The summed E-state index contributed by atoms with van der Waals surface area (Å²) in [7, 11) is 1.30. The standard InChI is InChI=1S/C19H24FN5O3/c1-28-19(27)17-12-25(23-22-17)13-24-10-7-15(8-11-24)18(26)21-9-6-14-4-2-3-5-16(14)20/h2-5,12,15H,6-11,13H2,1H3,(H,21,26). The molecule has 0 atom stereocenters. The quantitative estimate of drug-likeness (QED) is 0.717. The molecule has 1 aliphatic rings. The molecule has 0 unspecified atom stereocenters. The largest absolute Gasteiger partial charge is 0.464 e. The van der Waals surface area contributed by atoms with Crippen molar-refractivity contribution in [2.75, 3.05) is 26.7 Å². The maximum Gasteiger partial charge on any atom is 0.360 e. The Hall–Kier alpha value is -2.81. The summed E-state index contributed by atoms with van der Waals surface area (Å²) >= 11 is 0. The van der Waals surface area contributed by atoms with Gasteiger partial charge in [0.2, 0.25) is 5.91 Å². The number of carbonyl (C=O) groups excluding carboxylic acids is 2. The van der Waals surface area contributed by atoms with Gasteiger partial charge in [-0.25, -0.2) is 13.9 Å². The second kappa shape index (κ2) is 9.41. The van der Waals surface area contributed by atoms with Gasteiger partial charge in [-0.3, -0.25) is 9.69 Å². The Morgan fingerprint density at radius 1 is 1.29 bits per heavy atom. The Morgan fingerprint density at radius 2 is 2.04 bits per heavy atom. The van der Waals surface area contributed by atoms with Gasteiger partial charge in [-0.1, -0.05) is 23.4 Å². The summed E-state index contributed by atoms with van der Waals surface area (Å²) in [5.74, 6) is -0.784. The molecule has 0 aliphatic carbocycles. The van der Waals surface area contributed by atoms with Crippen LogP contribution in [0.3, 0.4) is 0 Å². The van der Waals surface area contributed by atoms with Crippen LogP contribution in [0.4, 0.5) is 4.39 Å². The molecule has 1 aromatic heterocycles. The van der Waals surface area contributed by atoms with Crippen molar-refractivity contribution in [3.63, 3.8) is 0 Å². The van der Waals surface area contributed by atoms with E-state index in [9.17, 15) is 14.0 Å². The average Bonchev–Trinajstić information content (AvgIpc) is 3.18. The number of piperidine rings is 1. The average molecular weight is 389 g/mol. The lowest BCUT2D eigenvalue weighted by Crippen LogP contribution is -2.41. The highest BCUT2D eigenvalue weighted by Gasteiger charge is 2.25. The molecule has 0 radical (unpaired) electrons. The fourth-order valence-corrected chi connectivity index (χ4v) is 3.27. The van der Waals surface area contributed by atoms with Gasteiger partial charge in [-0.15, -0.1) is 5.10 Å². The molecule has 0 saturated carbocycles. The molecule has 150 valence electrons. The van der Waals surface area contributed by atoms with E-state index in [1.54, 1.807) is 29.1 Å². The molecule has 28 heavy (non-hydrogen) atoms. The van der Waals surface area contributed by atoms with E-state index in [0.29, 0.717) is 25.2 Å². The van der Waals surface area contributed by atoms with Gasteiger partial charge in [0.15, 0.2) is 5.69 Å². The number of esters is 1. The fraction of sp³-hybridized carbons (Fsp3) is 0.474. The first-order valence-corrected chi connectivity index (χ1v) is 9.28. The number of hydrogen-bond donors (Lipinski definition) is 1. The van der Waals surface area contributed by atoms with E-state index in [0.717, 1.165) is 25.9 Å². The highest BCUT2D eigenvalue weighted by molar-refractivity contribution is 5.86. The van der Waals surface area contributed by atoms with Crippen LogP contribution < -0.4 is 5.32 Å². The summed E-state index contributed by atoms with van der Waals surface area (Å²) in [6.45, 7) is 2.43. The van der Waals surface area contributed by atoms with Crippen molar-refractivity contribution in [1.82, 2.24) is 25.2 Å². The zero-order valence-electron chi connectivity index (χ0n) is 15.8. The van der Waals surface area contributed by atoms with Crippen molar-refractivity contribution in [2.24, 2.45) is 5.92 Å². The van der Waals surface area contributed by atoms with Gasteiger partial charge in [-0.2, -0.15) is 0 Å². The molecule has 1 N–H and O–H groups in total. The number of hydrogen-bond acceptors (Lipinski definition) is 6. The number of likely N-dealkylation sites (tertiary alicyclic amines) is 1. The van der Waals surface area contributed by atoms with E-state index >= 15 is 0 Å². The fourth-order valence-electron chi connectivity index (χ4n) is 3.27. The van der Waals surface area contributed by atoms with Crippen molar-refractivity contribution in [3.8, 4) is 0 Å². The van der Waals surface area contributed by atoms with Crippen molar-refractivity contribution in [3.05, 3.63) is 47.5 Å². The topological polar surface area (TPSA) is 89.4 Å². The molecular weight excluding hydrogens is 365 g/mol. The molecule has 0 spiro atoms. The van der Waals surface area contributed by atoms with Crippen LogP contribution in [0.15, 0.2) is 30.5 Å². The Labute approximate surface area is 162 Å². The molecule has 8 nitrogen and oxygen atoms in total. The summed E-state index contributed by atoms with van der Waals surface area (Å²) in [5.41, 5.74) is 0.781. The lowest BCUT2D eigenvalue weighted by atomic mass is 9.96. The third kappa shape index (κ3) is 5.13. The smallest absolute Gasteiger partial charge is 0.360 e. The summed E-state index contributed by atoms with van der Waals surface area (Å²) < 4.78 is 19.8. The number of nitrogens with zero attached hydrogens (tertiary/aromatic N) is 4. The number of rotatable bonds is 7. The Balaban J connectivity index is 1.39. The van der Waals surface area contributed by atoms with Gasteiger partial charge in [0, 0.05) is 25.6 Å². The second-order valence-electron chi connectivity index (χ2n) is 6.80. The van der Waals surface area contributed by atoms with Crippen LogP contribution >= 0.6 is 0 Å². The molecule has 2 heterocycles. The van der Waals surface area contributed by atoms with E-state index in [1.807, 2.05) is 0 Å². The van der Waals surface area contributed by atoms with Gasteiger partial charge in [0.25, 0.3) is 0 Å². The maximum atomic E-state index is 13.6. The van der Waals surface area contributed by atoms with E-state index in [4.69, 9.17) is 0 Å². The summed E-state index contributed by atoms with van der Waals surface area (Å²) in [4.78, 5) is 25.9. The van der Waals surface area contributed by atoms with E-state index in [2.05, 4.69) is 25.3 Å². The molecule has 1 amide bonds. The SMILES string of the molecule is COC(=O)c1cn(CN2CCC(C(=O)NCCc3ccccc3F)CC2)nn1. The third-order valence-electron chi connectivity index (χ3n) is 4.89. The number of methoxy groups -OCH3 is 1. The monoisotopic (exact) mass is 389 g/mol. The van der Waals surface area contributed by atoms with Gasteiger partial charge >= 0.3 is 5.97 Å². The van der Waals surface area contributed by atoms with E-state index < -0.39 is 5.97 Å². The van der Waals surface area contributed by atoms with Crippen molar-refractivity contribution >= 4 is 11.9 Å². The van der Waals surface area contributed by atoms with Crippen LogP contribution in [0.5, 0.6) is 0 Å². The van der Waals surface area contributed by atoms with Gasteiger partial charge in [-0.05, 0) is 30.9 Å². The Bertz CT molecular complexity index is 817. The third-order valence-corrected chi connectivity index (χ3v) is 4.89. The van der Waals surface area contributed by atoms with Gasteiger partial charge in [0.1, 0.15) is 5.82 Å². The van der Waals surface area contributed by atoms with E-state index in [1.165, 1.54) is 13.2 Å². The van der Waals surface area contributed by atoms with Crippen LogP contribution in [0.1, 0.15) is 28.9 Å².